The third-order valence-corrected chi connectivity index (χ3v) is 7.22. The molecule has 0 amide bonds. The van der Waals surface area contributed by atoms with E-state index in [2.05, 4.69) is 34.5 Å². The van der Waals surface area contributed by atoms with E-state index < -0.39 is 23.6 Å². The van der Waals surface area contributed by atoms with Crippen LogP contribution in [-0.4, -0.2) is 46.5 Å². The summed E-state index contributed by atoms with van der Waals surface area (Å²) in [7, 11) is -1.26. The van der Waals surface area contributed by atoms with Gasteiger partial charge in [0.15, 0.2) is 0 Å². The SMILES string of the molecule is CCN(CCS(=O)N(Cc1ccc(C2=NNC(C(F)F)O2)cc1)c1ccccc1)Cc1ccccc1. The Labute approximate surface area is 213 Å². The molecular weight excluding hydrogens is 482 g/mol. The lowest BCUT2D eigenvalue weighted by Crippen LogP contribution is -2.33. The molecule has 6 nitrogen and oxygen atoms in total. The van der Waals surface area contributed by atoms with E-state index in [-0.39, 0.29) is 5.90 Å². The van der Waals surface area contributed by atoms with Crippen molar-refractivity contribution in [1.82, 2.24) is 10.3 Å². The molecule has 0 spiro atoms. The lowest BCUT2D eigenvalue weighted by molar-refractivity contribution is 0.000589. The molecule has 1 aliphatic heterocycles. The zero-order valence-electron chi connectivity index (χ0n) is 20.1. The maximum absolute atomic E-state index is 13.5. The van der Waals surface area contributed by atoms with Gasteiger partial charge in [-0.05, 0) is 41.9 Å². The maximum Gasteiger partial charge on any atom is 0.294 e. The molecule has 0 fully saturated rings. The Morgan fingerprint density at radius 1 is 0.944 bits per heavy atom. The van der Waals surface area contributed by atoms with E-state index in [1.165, 1.54) is 5.56 Å². The predicted octanol–water partition coefficient (Wildman–Crippen LogP) is 4.75. The van der Waals surface area contributed by atoms with Crippen molar-refractivity contribution in [2.75, 3.05) is 23.1 Å². The Hall–Kier alpha value is -3.30. The van der Waals surface area contributed by atoms with Crippen molar-refractivity contribution in [1.29, 1.82) is 0 Å². The summed E-state index contributed by atoms with van der Waals surface area (Å²) in [5.41, 5.74) is 5.93. The molecule has 4 rings (SSSR count). The van der Waals surface area contributed by atoms with Gasteiger partial charge in [-0.25, -0.2) is 13.0 Å². The summed E-state index contributed by atoms with van der Waals surface area (Å²) in [6, 6.07) is 27.2. The molecular formula is C27H30F2N4O2S. The van der Waals surface area contributed by atoms with Gasteiger partial charge in [-0.1, -0.05) is 67.6 Å². The number of alkyl halides is 2. The monoisotopic (exact) mass is 512 g/mol. The van der Waals surface area contributed by atoms with Gasteiger partial charge in [0.2, 0.25) is 12.1 Å². The fraction of sp³-hybridized carbons (Fsp3) is 0.296. The van der Waals surface area contributed by atoms with E-state index in [0.717, 1.165) is 24.3 Å². The van der Waals surface area contributed by atoms with Gasteiger partial charge in [0.1, 0.15) is 11.0 Å². The quantitative estimate of drug-likeness (QED) is 0.381. The van der Waals surface area contributed by atoms with Gasteiger partial charge >= 0.3 is 0 Å². The summed E-state index contributed by atoms with van der Waals surface area (Å²) >= 11 is 0. The van der Waals surface area contributed by atoms with Gasteiger partial charge in [-0.3, -0.25) is 14.6 Å². The van der Waals surface area contributed by atoms with Crippen LogP contribution in [0.5, 0.6) is 0 Å². The van der Waals surface area contributed by atoms with Gasteiger partial charge in [0.05, 0.1) is 12.3 Å². The van der Waals surface area contributed by atoms with Crippen LogP contribution in [0.4, 0.5) is 14.5 Å². The zero-order chi connectivity index (χ0) is 25.3. The smallest absolute Gasteiger partial charge is 0.294 e. The second-order valence-corrected chi connectivity index (χ2v) is 9.86. The van der Waals surface area contributed by atoms with Crippen molar-refractivity contribution in [3.8, 4) is 0 Å². The lowest BCUT2D eigenvalue weighted by Gasteiger charge is -2.26. The summed E-state index contributed by atoms with van der Waals surface area (Å²) in [5, 5.41) is 3.85. The molecule has 9 heteroatoms. The fourth-order valence-corrected chi connectivity index (χ4v) is 5.12. The molecule has 0 aliphatic carbocycles. The Kier molecular flexibility index (Phi) is 9.02. The predicted molar refractivity (Wildman–Crippen MR) is 140 cm³/mol. The van der Waals surface area contributed by atoms with Crippen LogP contribution in [-0.2, 0) is 28.8 Å². The second kappa shape index (κ2) is 12.6. The molecule has 1 N–H and O–H groups in total. The number of ether oxygens (including phenoxy) is 1. The standard InChI is InChI=1S/C27H30F2N4O2S/c1-2-32(19-21-9-5-3-6-10-21)17-18-36(34)33(24-11-7-4-8-12-24)20-22-13-15-23(16-14-22)26-30-31-27(35-26)25(28)29/h3-16,25,27,31H,2,17-20H2,1H3. The van der Waals surface area contributed by atoms with E-state index in [1.54, 1.807) is 12.1 Å². The van der Waals surface area contributed by atoms with Crippen molar-refractivity contribution in [2.24, 2.45) is 5.10 Å². The first-order valence-corrected chi connectivity index (χ1v) is 13.2. The van der Waals surface area contributed by atoms with E-state index in [0.29, 0.717) is 24.4 Å². The van der Waals surface area contributed by atoms with E-state index in [4.69, 9.17) is 4.74 Å². The summed E-state index contributed by atoms with van der Waals surface area (Å²) in [5.74, 6) is 0.632. The number of hydrazone groups is 1. The number of para-hydroxylation sites is 1. The molecule has 1 aliphatic rings. The van der Waals surface area contributed by atoms with Crippen LogP contribution < -0.4 is 9.73 Å². The van der Waals surface area contributed by atoms with Gasteiger partial charge in [-0.15, -0.1) is 5.10 Å². The highest BCUT2D eigenvalue weighted by molar-refractivity contribution is 7.86. The fourth-order valence-electron chi connectivity index (χ4n) is 3.84. The largest absolute Gasteiger partial charge is 0.445 e. The van der Waals surface area contributed by atoms with Crippen LogP contribution in [0, 0.1) is 0 Å². The molecule has 0 aromatic heterocycles. The number of nitrogens with one attached hydrogen (secondary N) is 1. The molecule has 2 atom stereocenters. The number of benzene rings is 3. The minimum absolute atomic E-state index is 0.133. The molecule has 36 heavy (non-hydrogen) atoms. The molecule has 0 bridgehead atoms. The van der Waals surface area contributed by atoms with Crippen molar-refractivity contribution in [2.45, 2.75) is 32.7 Å². The minimum Gasteiger partial charge on any atom is -0.445 e. The Morgan fingerprint density at radius 2 is 1.58 bits per heavy atom. The Morgan fingerprint density at radius 3 is 2.19 bits per heavy atom. The first-order chi connectivity index (χ1) is 17.5. The number of hydrogen-bond donors (Lipinski definition) is 1. The summed E-state index contributed by atoms with van der Waals surface area (Å²) in [6.07, 6.45) is -4.10. The molecule has 190 valence electrons. The molecule has 1 heterocycles. The molecule has 0 radical (unpaired) electrons. The highest BCUT2D eigenvalue weighted by Crippen LogP contribution is 2.21. The van der Waals surface area contributed by atoms with Crippen LogP contribution >= 0.6 is 0 Å². The third-order valence-electron chi connectivity index (χ3n) is 5.86. The highest BCUT2D eigenvalue weighted by atomic mass is 32.2. The number of anilines is 1. The van der Waals surface area contributed by atoms with E-state index >= 15 is 0 Å². The maximum atomic E-state index is 13.5. The zero-order valence-corrected chi connectivity index (χ0v) is 20.9. The van der Waals surface area contributed by atoms with Crippen molar-refractivity contribution >= 4 is 22.6 Å². The number of hydrogen-bond acceptors (Lipinski definition) is 5. The van der Waals surface area contributed by atoms with E-state index in [9.17, 15) is 13.0 Å². The number of rotatable bonds is 12. The normalized spacial score (nSPS) is 15.9. The van der Waals surface area contributed by atoms with Crippen molar-refractivity contribution in [3.05, 3.63) is 102 Å². The number of nitrogens with zero attached hydrogens (tertiary/aromatic N) is 3. The van der Waals surface area contributed by atoms with Crippen LogP contribution in [0.1, 0.15) is 23.6 Å². The summed E-state index contributed by atoms with van der Waals surface area (Å²) < 4.78 is 46.2. The van der Waals surface area contributed by atoms with Gasteiger partial charge in [0.25, 0.3) is 6.43 Å². The minimum atomic E-state index is -2.67. The Balaban J connectivity index is 1.42. The van der Waals surface area contributed by atoms with Gasteiger partial charge < -0.3 is 4.74 Å². The first-order valence-electron chi connectivity index (χ1n) is 11.9. The van der Waals surface area contributed by atoms with Gasteiger partial charge in [0, 0.05) is 24.3 Å². The molecule has 3 aromatic carbocycles. The van der Waals surface area contributed by atoms with Crippen molar-refractivity contribution in [3.63, 3.8) is 0 Å². The van der Waals surface area contributed by atoms with Crippen LogP contribution in [0.15, 0.2) is 90.0 Å². The number of halogens is 2. The summed E-state index contributed by atoms with van der Waals surface area (Å²) in [4.78, 5) is 2.29. The lowest BCUT2D eigenvalue weighted by atomic mass is 10.1. The third kappa shape index (κ3) is 6.89. The van der Waals surface area contributed by atoms with Crippen LogP contribution in [0.2, 0.25) is 0 Å². The first kappa shape index (κ1) is 25.8. The van der Waals surface area contributed by atoms with Crippen LogP contribution in [0.25, 0.3) is 0 Å². The van der Waals surface area contributed by atoms with Crippen LogP contribution in [0.3, 0.4) is 0 Å². The Bertz CT molecular complexity index is 1150. The average Bonchev–Trinajstić information content (AvgIpc) is 3.42. The highest BCUT2D eigenvalue weighted by Gasteiger charge is 2.28. The van der Waals surface area contributed by atoms with E-state index in [1.807, 2.05) is 65.0 Å². The van der Waals surface area contributed by atoms with Crippen molar-refractivity contribution < 1.29 is 17.7 Å². The molecule has 2 unspecified atom stereocenters. The average molecular weight is 513 g/mol. The topological polar surface area (TPSA) is 57.2 Å². The second-order valence-electron chi connectivity index (χ2n) is 8.37. The molecule has 0 saturated heterocycles. The van der Waals surface area contributed by atoms with Gasteiger partial charge in [-0.2, -0.15) is 0 Å². The molecule has 3 aromatic rings. The molecule has 0 saturated carbocycles. The summed E-state index contributed by atoms with van der Waals surface area (Å²) in [6.45, 7) is 4.93.